The molecule has 0 bridgehead atoms. The summed E-state index contributed by atoms with van der Waals surface area (Å²) in [6.45, 7) is 3.36. The molecule has 4 rings (SSSR count). The van der Waals surface area contributed by atoms with Gasteiger partial charge in [0.2, 0.25) is 0 Å². The number of fused-ring (bicyclic) bond motifs is 1. The van der Waals surface area contributed by atoms with Crippen molar-refractivity contribution < 1.29 is 19.0 Å². The fraction of sp³-hybridized carbons (Fsp3) is 0.308. The molecule has 0 saturated heterocycles. The van der Waals surface area contributed by atoms with E-state index in [0.29, 0.717) is 19.8 Å². The summed E-state index contributed by atoms with van der Waals surface area (Å²) < 4.78 is 19.3. The van der Waals surface area contributed by atoms with Crippen LogP contribution < -0.4 is 9.47 Å². The summed E-state index contributed by atoms with van der Waals surface area (Å²) in [5, 5.41) is 0. The molecule has 1 aliphatic heterocycles. The summed E-state index contributed by atoms with van der Waals surface area (Å²) in [4.78, 5) is 15.8. The lowest BCUT2D eigenvalue weighted by Gasteiger charge is -2.26. The smallest absolute Gasteiger partial charge is 0.330 e. The lowest BCUT2D eigenvalue weighted by atomic mass is 10.0. The number of carbonyl (C=O) groups is 1. The van der Waals surface area contributed by atoms with E-state index in [1.54, 1.807) is 25.5 Å². The average Bonchev–Trinajstić information content (AvgIpc) is 3.32. The van der Waals surface area contributed by atoms with Gasteiger partial charge in [0, 0.05) is 37.0 Å². The molecule has 2 heterocycles. The third kappa shape index (κ3) is 5.78. The first-order valence-electron chi connectivity index (χ1n) is 11.0. The summed E-state index contributed by atoms with van der Waals surface area (Å²) in [5.74, 6) is 1.35. The van der Waals surface area contributed by atoms with E-state index in [2.05, 4.69) is 11.1 Å². The monoisotopic (exact) mass is 432 g/mol. The van der Waals surface area contributed by atoms with Gasteiger partial charge in [0.05, 0.1) is 19.5 Å². The number of hydrogen-bond donors (Lipinski definition) is 0. The van der Waals surface area contributed by atoms with Crippen LogP contribution in [0, 0.1) is 0 Å². The third-order valence-corrected chi connectivity index (χ3v) is 5.39. The second-order valence-corrected chi connectivity index (χ2v) is 7.72. The van der Waals surface area contributed by atoms with Crippen molar-refractivity contribution in [2.45, 2.75) is 38.8 Å². The van der Waals surface area contributed by atoms with Gasteiger partial charge in [0.15, 0.2) is 0 Å². The van der Waals surface area contributed by atoms with Crippen molar-refractivity contribution in [2.24, 2.45) is 0 Å². The van der Waals surface area contributed by atoms with Crippen molar-refractivity contribution in [2.75, 3.05) is 13.2 Å². The van der Waals surface area contributed by atoms with E-state index in [4.69, 9.17) is 14.2 Å². The molecule has 0 amide bonds. The minimum atomic E-state index is -0.366. The molecule has 1 unspecified atom stereocenters. The van der Waals surface area contributed by atoms with E-state index in [1.165, 1.54) is 11.6 Å². The van der Waals surface area contributed by atoms with Crippen LogP contribution in [-0.2, 0) is 22.5 Å². The zero-order valence-electron chi connectivity index (χ0n) is 18.3. The summed E-state index contributed by atoms with van der Waals surface area (Å²) >= 11 is 0. The predicted molar refractivity (Wildman–Crippen MR) is 123 cm³/mol. The number of carbonyl (C=O) groups excluding carboxylic acids is 1. The highest BCUT2D eigenvalue weighted by molar-refractivity contribution is 5.87. The van der Waals surface area contributed by atoms with Crippen molar-refractivity contribution in [3.63, 3.8) is 0 Å². The Hall–Kier alpha value is -3.54. The molecule has 1 aromatic heterocycles. The maximum atomic E-state index is 11.8. The minimum Gasteiger partial charge on any atom is -0.493 e. The highest BCUT2D eigenvalue weighted by atomic mass is 16.5. The number of esters is 1. The largest absolute Gasteiger partial charge is 0.493 e. The van der Waals surface area contributed by atoms with Crippen LogP contribution in [0.25, 0.3) is 6.08 Å². The van der Waals surface area contributed by atoms with Gasteiger partial charge in [-0.3, -0.25) is 0 Å². The first kappa shape index (κ1) is 21.7. The van der Waals surface area contributed by atoms with E-state index in [9.17, 15) is 4.79 Å². The van der Waals surface area contributed by atoms with Gasteiger partial charge in [-0.15, -0.1) is 0 Å². The molecule has 2 aromatic carbocycles. The van der Waals surface area contributed by atoms with E-state index in [-0.39, 0.29) is 12.1 Å². The van der Waals surface area contributed by atoms with Crippen LogP contribution in [0.1, 0.15) is 36.5 Å². The molecule has 0 fully saturated rings. The Balaban J connectivity index is 1.42. The second-order valence-electron chi connectivity index (χ2n) is 7.72. The third-order valence-electron chi connectivity index (χ3n) is 5.39. The standard InChI is InChI=1S/C26H28N2O4/c1-2-30-26(29)12-10-22-8-7-20(18-28-15-14-27-19-28)17-25(22)31-16-13-23-11-9-21-5-3-4-6-24(21)32-23/h3-8,10,12,14-15,17,19,23H,2,9,11,13,16,18H2,1H3/b12-10+. The molecule has 0 N–H and O–H groups in total. The Morgan fingerprint density at radius 3 is 3.03 bits per heavy atom. The van der Waals surface area contributed by atoms with Gasteiger partial charge in [-0.25, -0.2) is 9.78 Å². The summed E-state index contributed by atoms with van der Waals surface area (Å²) in [5.41, 5.74) is 3.19. The summed E-state index contributed by atoms with van der Waals surface area (Å²) in [6, 6.07) is 14.2. The van der Waals surface area contributed by atoms with E-state index in [0.717, 1.165) is 41.9 Å². The van der Waals surface area contributed by atoms with Crippen LogP contribution in [0.15, 0.2) is 67.3 Å². The van der Waals surface area contributed by atoms with Crippen LogP contribution in [0.5, 0.6) is 11.5 Å². The number of hydrogen-bond acceptors (Lipinski definition) is 5. The number of rotatable bonds is 9. The Morgan fingerprint density at radius 2 is 2.19 bits per heavy atom. The Bertz CT molecular complexity index is 1060. The molecule has 0 saturated carbocycles. The van der Waals surface area contributed by atoms with Crippen molar-refractivity contribution >= 4 is 12.0 Å². The van der Waals surface area contributed by atoms with E-state index < -0.39 is 0 Å². The summed E-state index contributed by atoms with van der Waals surface area (Å²) in [6.07, 6.45) is 11.6. The topological polar surface area (TPSA) is 62.6 Å². The van der Waals surface area contributed by atoms with Gasteiger partial charge in [-0.1, -0.05) is 30.3 Å². The molecule has 3 aromatic rings. The first-order chi connectivity index (χ1) is 15.7. The summed E-state index contributed by atoms with van der Waals surface area (Å²) in [7, 11) is 0. The van der Waals surface area contributed by atoms with Crippen LogP contribution >= 0.6 is 0 Å². The van der Waals surface area contributed by atoms with Crippen molar-refractivity contribution in [1.82, 2.24) is 9.55 Å². The molecule has 0 aliphatic carbocycles. The molecule has 0 radical (unpaired) electrons. The Kier molecular flexibility index (Phi) is 7.23. The number of nitrogens with zero attached hydrogens (tertiary/aromatic N) is 2. The zero-order chi connectivity index (χ0) is 22.2. The van der Waals surface area contributed by atoms with Gasteiger partial charge in [0.1, 0.15) is 17.6 Å². The van der Waals surface area contributed by atoms with Crippen LogP contribution in [0.4, 0.5) is 0 Å². The number of ether oxygens (including phenoxy) is 3. The second kappa shape index (κ2) is 10.7. The number of imidazole rings is 1. The van der Waals surface area contributed by atoms with Gasteiger partial charge in [-0.2, -0.15) is 0 Å². The van der Waals surface area contributed by atoms with Crippen molar-refractivity contribution in [1.29, 1.82) is 0 Å². The zero-order valence-corrected chi connectivity index (χ0v) is 18.3. The fourth-order valence-electron chi connectivity index (χ4n) is 3.76. The maximum Gasteiger partial charge on any atom is 0.330 e. The highest BCUT2D eigenvalue weighted by Crippen LogP contribution is 2.29. The van der Waals surface area contributed by atoms with Crippen LogP contribution in [0.3, 0.4) is 0 Å². The normalized spacial score (nSPS) is 15.2. The molecular weight excluding hydrogens is 404 g/mol. The van der Waals surface area contributed by atoms with E-state index >= 15 is 0 Å². The SMILES string of the molecule is CCOC(=O)/C=C/c1ccc(Cn2ccnc2)cc1OCCC1CCc2ccccc2O1. The van der Waals surface area contributed by atoms with Gasteiger partial charge in [0.25, 0.3) is 0 Å². The number of aryl methyl sites for hydroxylation is 1. The Labute approximate surface area is 188 Å². The lowest BCUT2D eigenvalue weighted by molar-refractivity contribution is -0.137. The highest BCUT2D eigenvalue weighted by Gasteiger charge is 2.19. The number of para-hydroxylation sites is 1. The first-order valence-corrected chi connectivity index (χ1v) is 11.0. The molecule has 166 valence electrons. The molecule has 6 nitrogen and oxygen atoms in total. The lowest BCUT2D eigenvalue weighted by Crippen LogP contribution is -2.24. The number of benzene rings is 2. The van der Waals surface area contributed by atoms with Gasteiger partial charge >= 0.3 is 5.97 Å². The molecule has 0 spiro atoms. The van der Waals surface area contributed by atoms with Crippen LogP contribution in [0.2, 0.25) is 0 Å². The Morgan fingerprint density at radius 1 is 1.28 bits per heavy atom. The quantitative estimate of drug-likeness (QED) is 0.363. The predicted octanol–water partition coefficient (Wildman–Crippen LogP) is 4.67. The fourth-order valence-corrected chi connectivity index (χ4v) is 3.76. The molecular formula is C26H28N2O4. The van der Waals surface area contributed by atoms with Crippen molar-refractivity contribution in [3.05, 3.63) is 84.0 Å². The molecule has 6 heteroatoms. The van der Waals surface area contributed by atoms with Gasteiger partial charge < -0.3 is 18.8 Å². The van der Waals surface area contributed by atoms with Crippen LogP contribution in [-0.4, -0.2) is 34.8 Å². The molecule has 32 heavy (non-hydrogen) atoms. The maximum absolute atomic E-state index is 11.8. The molecule has 1 aliphatic rings. The van der Waals surface area contributed by atoms with Gasteiger partial charge in [-0.05, 0) is 49.1 Å². The van der Waals surface area contributed by atoms with Crippen molar-refractivity contribution in [3.8, 4) is 11.5 Å². The number of aromatic nitrogens is 2. The average molecular weight is 433 g/mol. The van der Waals surface area contributed by atoms with E-state index in [1.807, 2.05) is 47.2 Å². The molecule has 1 atom stereocenters. The minimum absolute atomic E-state index is 0.137.